The van der Waals surface area contributed by atoms with Gasteiger partial charge in [0.2, 0.25) is 0 Å². The minimum absolute atomic E-state index is 0.625. The summed E-state index contributed by atoms with van der Waals surface area (Å²) in [5, 5.41) is 6.92. The lowest BCUT2D eigenvalue weighted by Gasteiger charge is -2.08. The zero-order chi connectivity index (χ0) is 16.4. The summed E-state index contributed by atoms with van der Waals surface area (Å²) < 4.78 is 0. The molecule has 0 aliphatic rings. The fourth-order valence-electron chi connectivity index (χ4n) is 2.40. The molecule has 5 nitrogen and oxygen atoms in total. The Labute approximate surface area is 147 Å². The van der Waals surface area contributed by atoms with E-state index in [1.807, 2.05) is 35.7 Å². The quantitative estimate of drug-likeness (QED) is 0.586. The van der Waals surface area contributed by atoms with E-state index in [4.69, 9.17) is 11.6 Å². The average Bonchev–Trinajstić information content (AvgIpc) is 3.07. The van der Waals surface area contributed by atoms with E-state index in [9.17, 15) is 0 Å². The van der Waals surface area contributed by atoms with Crippen molar-refractivity contribution < 1.29 is 0 Å². The standard InChI is InChI=1S/C17H12ClN5S/c18-14-4-2-1-3-11(14)7-12-8-19-9-15(22-12)23-16-13-5-6-24-17(13)21-10-20-16/h1-6,8-10H,7H2,(H,20,21,22,23). The smallest absolute Gasteiger partial charge is 0.150 e. The lowest BCUT2D eigenvalue weighted by molar-refractivity contribution is 1.03. The van der Waals surface area contributed by atoms with Crippen LogP contribution in [0.4, 0.5) is 11.6 Å². The molecule has 0 saturated heterocycles. The van der Waals surface area contributed by atoms with Crippen LogP contribution in [0.1, 0.15) is 11.3 Å². The molecule has 0 spiro atoms. The first-order valence-electron chi connectivity index (χ1n) is 7.29. The number of halogens is 1. The number of hydrogen-bond acceptors (Lipinski definition) is 6. The number of anilines is 2. The third-order valence-corrected chi connectivity index (χ3v) is 4.71. The maximum atomic E-state index is 6.22. The van der Waals surface area contributed by atoms with Crippen molar-refractivity contribution in [2.24, 2.45) is 0 Å². The van der Waals surface area contributed by atoms with Crippen LogP contribution in [0.15, 0.2) is 54.4 Å². The van der Waals surface area contributed by atoms with Crippen molar-refractivity contribution in [3.63, 3.8) is 0 Å². The van der Waals surface area contributed by atoms with Gasteiger partial charge in [0.25, 0.3) is 0 Å². The van der Waals surface area contributed by atoms with Gasteiger partial charge in [-0.2, -0.15) is 0 Å². The van der Waals surface area contributed by atoms with E-state index < -0.39 is 0 Å². The van der Waals surface area contributed by atoms with Gasteiger partial charge in [-0.25, -0.2) is 15.0 Å². The molecule has 7 heteroatoms. The van der Waals surface area contributed by atoms with E-state index in [1.165, 1.54) is 0 Å². The van der Waals surface area contributed by atoms with Crippen molar-refractivity contribution in [2.75, 3.05) is 5.32 Å². The first-order chi connectivity index (χ1) is 11.8. The molecule has 1 N–H and O–H groups in total. The Morgan fingerprint density at radius 3 is 2.92 bits per heavy atom. The Bertz CT molecular complexity index is 1000. The molecule has 4 rings (SSSR count). The van der Waals surface area contributed by atoms with Crippen LogP contribution in [0.25, 0.3) is 10.2 Å². The maximum Gasteiger partial charge on any atom is 0.150 e. The van der Waals surface area contributed by atoms with Gasteiger partial charge in [0, 0.05) is 17.6 Å². The number of nitrogens with zero attached hydrogens (tertiary/aromatic N) is 4. The van der Waals surface area contributed by atoms with Crippen molar-refractivity contribution in [1.82, 2.24) is 19.9 Å². The number of benzene rings is 1. The lowest BCUT2D eigenvalue weighted by atomic mass is 10.1. The minimum Gasteiger partial charge on any atom is -0.323 e. The number of aromatic nitrogens is 4. The van der Waals surface area contributed by atoms with E-state index in [2.05, 4.69) is 25.3 Å². The monoisotopic (exact) mass is 353 g/mol. The molecule has 0 amide bonds. The SMILES string of the molecule is Clc1ccccc1Cc1cncc(Nc2ncnc3sccc23)n1. The Hall–Kier alpha value is -2.57. The molecule has 0 aliphatic carbocycles. The van der Waals surface area contributed by atoms with Crippen LogP contribution in [0.5, 0.6) is 0 Å². The van der Waals surface area contributed by atoms with Gasteiger partial charge in [-0.05, 0) is 23.1 Å². The van der Waals surface area contributed by atoms with Crippen LogP contribution in [-0.2, 0) is 6.42 Å². The molecule has 1 aromatic carbocycles. The number of nitrogens with one attached hydrogen (secondary N) is 1. The van der Waals surface area contributed by atoms with Crippen molar-refractivity contribution in [2.45, 2.75) is 6.42 Å². The summed E-state index contributed by atoms with van der Waals surface area (Å²) in [6, 6.07) is 9.73. The summed E-state index contributed by atoms with van der Waals surface area (Å²) in [5.41, 5.74) is 1.86. The number of thiophene rings is 1. The van der Waals surface area contributed by atoms with Crippen molar-refractivity contribution in [3.8, 4) is 0 Å². The molecule has 0 bridgehead atoms. The van der Waals surface area contributed by atoms with E-state index >= 15 is 0 Å². The second kappa shape index (κ2) is 6.51. The van der Waals surface area contributed by atoms with Crippen LogP contribution < -0.4 is 5.32 Å². The second-order valence-electron chi connectivity index (χ2n) is 5.15. The van der Waals surface area contributed by atoms with Gasteiger partial charge in [-0.3, -0.25) is 4.98 Å². The highest BCUT2D eigenvalue weighted by molar-refractivity contribution is 7.16. The molecule has 0 saturated carbocycles. The van der Waals surface area contributed by atoms with Gasteiger partial charge in [0.15, 0.2) is 0 Å². The first-order valence-corrected chi connectivity index (χ1v) is 8.55. The van der Waals surface area contributed by atoms with Crippen LogP contribution in [0.2, 0.25) is 5.02 Å². The summed E-state index contributed by atoms with van der Waals surface area (Å²) in [6.45, 7) is 0. The van der Waals surface area contributed by atoms with Gasteiger partial charge in [0.05, 0.1) is 17.3 Å². The highest BCUT2D eigenvalue weighted by Gasteiger charge is 2.08. The van der Waals surface area contributed by atoms with E-state index in [-0.39, 0.29) is 0 Å². The molecule has 3 aromatic heterocycles. The zero-order valence-electron chi connectivity index (χ0n) is 12.5. The van der Waals surface area contributed by atoms with Crippen molar-refractivity contribution >= 4 is 44.8 Å². The van der Waals surface area contributed by atoms with Crippen LogP contribution in [-0.4, -0.2) is 19.9 Å². The molecule has 0 radical (unpaired) electrons. The molecular formula is C17H12ClN5S. The van der Waals surface area contributed by atoms with Gasteiger partial charge in [-0.15, -0.1) is 11.3 Å². The van der Waals surface area contributed by atoms with E-state index in [1.54, 1.807) is 30.1 Å². The molecule has 118 valence electrons. The van der Waals surface area contributed by atoms with Gasteiger partial charge in [-0.1, -0.05) is 29.8 Å². The third-order valence-electron chi connectivity index (χ3n) is 3.52. The average molecular weight is 354 g/mol. The lowest BCUT2D eigenvalue weighted by Crippen LogP contribution is -2.01. The Morgan fingerprint density at radius 1 is 1.08 bits per heavy atom. The summed E-state index contributed by atoms with van der Waals surface area (Å²) in [5.74, 6) is 1.37. The number of hydrogen-bond donors (Lipinski definition) is 1. The third kappa shape index (κ3) is 3.06. The van der Waals surface area contributed by atoms with Crippen molar-refractivity contribution in [3.05, 3.63) is 70.7 Å². The predicted octanol–water partition coefficient (Wildman–Crippen LogP) is 4.47. The van der Waals surface area contributed by atoms with Crippen LogP contribution >= 0.6 is 22.9 Å². The highest BCUT2D eigenvalue weighted by atomic mass is 35.5. The van der Waals surface area contributed by atoms with Crippen LogP contribution in [0.3, 0.4) is 0 Å². The van der Waals surface area contributed by atoms with Crippen LogP contribution in [0, 0.1) is 0 Å². The molecular weight excluding hydrogens is 342 g/mol. The molecule has 3 heterocycles. The molecule has 0 fully saturated rings. The second-order valence-corrected chi connectivity index (χ2v) is 6.45. The van der Waals surface area contributed by atoms with Gasteiger partial charge < -0.3 is 5.32 Å². The Balaban J connectivity index is 1.61. The molecule has 24 heavy (non-hydrogen) atoms. The molecule has 4 aromatic rings. The van der Waals surface area contributed by atoms with Gasteiger partial charge >= 0.3 is 0 Å². The Morgan fingerprint density at radius 2 is 2.00 bits per heavy atom. The summed E-state index contributed by atoms with van der Waals surface area (Å²) in [7, 11) is 0. The Kier molecular flexibility index (Phi) is 4.06. The predicted molar refractivity (Wildman–Crippen MR) is 97.0 cm³/mol. The highest BCUT2D eigenvalue weighted by Crippen LogP contribution is 2.26. The number of rotatable bonds is 4. The molecule has 0 aliphatic heterocycles. The molecule has 0 atom stereocenters. The minimum atomic E-state index is 0.625. The normalized spacial score (nSPS) is 10.9. The number of fused-ring (bicyclic) bond motifs is 1. The topological polar surface area (TPSA) is 63.6 Å². The fraction of sp³-hybridized carbons (Fsp3) is 0.0588. The van der Waals surface area contributed by atoms with Crippen molar-refractivity contribution in [1.29, 1.82) is 0 Å². The summed E-state index contributed by atoms with van der Waals surface area (Å²) in [4.78, 5) is 18.4. The molecule has 0 unspecified atom stereocenters. The zero-order valence-corrected chi connectivity index (χ0v) is 14.1. The van der Waals surface area contributed by atoms with Gasteiger partial charge in [0.1, 0.15) is 22.8 Å². The summed E-state index contributed by atoms with van der Waals surface area (Å²) in [6.07, 6.45) is 5.59. The van der Waals surface area contributed by atoms with E-state index in [0.29, 0.717) is 12.2 Å². The first kappa shape index (κ1) is 15.0. The van der Waals surface area contributed by atoms with E-state index in [0.717, 1.165) is 32.3 Å². The summed E-state index contributed by atoms with van der Waals surface area (Å²) >= 11 is 7.79. The fourth-order valence-corrected chi connectivity index (χ4v) is 3.33. The largest absolute Gasteiger partial charge is 0.323 e. The maximum absolute atomic E-state index is 6.22.